The van der Waals surface area contributed by atoms with Gasteiger partial charge in [0.25, 0.3) is 15.6 Å². The van der Waals surface area contributed by atoms with Gasteiger partial charge >= 0.3 is 0 Å². The molecule has 2 saturated heterocycles. The molecule has 4 aromatic heterocycles. The van der Waals surface area contributed by atoms with E-state index in [1.807, 2.05) is 11.8 Å². The molecule has 6 heterocycles. The molecule has 7 rings (SSSR count). The summed E-state index contributed by atoms with van der Waals surface area (Å²) in [5.74, 6) is 0.111. The van der Waals surface area contributed by atoms with Gasteiger partial charge in [-0.2, -0.15) is 16.7 Å². The first kappa shape index (κ1) is 41.3. The highest BCUT2D eigenvalue weighted by atomic mass is 32.2. The van der Waals surface area contributed by atoms with E-state index in [0.717, 1.165) is 22.4 Å². The number of rotatable bonds is 12. The van der Waals surface area contributed by atoms with E-state index in [2.05, 4.69) is 30.2 Å². The highest BCUT2D eigenvalue weighted by Crippen LogP contribution is 2.35. The van der Waals surface area contributed by atoms with E-state index in [0.29, 0.717) is 54.8 Å². The summed E-state index contributed by atoms with van der Waals surface area (Å²) in [4.78, 5) is 60.6. The van der Waals surface area contributed by atoms with Crippen molar-refractivity contribution in [3.8, 4) is 0 Å². The van der Waals surface area contributed by atoms with E-state index >= 15 is 0 Å². The van der Waals surface area contributed by atoms with Crippen LogP contribution in [0.5, 0.6) is 0 Å². The number of carbonyl (C=O) groups is 2. The summed E-state index contributed by atoms with van der Waals surface area (Å²) in [5.41, 5.74) is 6.55. The molecule has 1 aromatic carbocycles. The zero-order valence-corrected chi connectivity index (χ0v) is 34.3. The SMILES string of the molecule is Cc1ccc(S(=O)(=O)n2cc(CCCCC(=O)N3CCC(SC[C@H]4O[C@@H](n5cnc6c(N)ncnc65)[C@@H](O)C4O)CC3)c3c(=O)[nH]c(NC(=O)C(C)(C)C)nc32)cc1. The maximum absolute atomic E-state index is 13.9. The number of amides is 2. The fourth-order valence-electron chi connectivity index (χ4n) is 7.13. The predicted molar refractivity (Wildman–Crippen MR) is 217 cm³/mol. The second kappa shape index (κ2) is 16.4. The molecule has 0 saturated carbocycles. The second-order valence-electron chi connectivity index (χ2n) is 15.8. The number of carbonyl (C=O) groups excluding carboxylic acids is 2. The maximum atomic E-state index is 13.9. The number of piperidine rings is 1. The summed E-state index contributed by atoms with van der Waals surface area (Å²) >= 11 is 1.64. The fraction of sp³-hybridized carbons (Fsp3) is 0.500. The summed E-state index contributed by atoms with van der Waals surface area (Å²) < 4.78 is 36.4. The normalized spacial score (nSPS) is 20.6. The van der Waals surface area contributed by atoms with E-state index in [9.17, 15) is 33.0 Å². The molecule has 2 aliphatic heterocycles. The minimum absolute atomic E-state index is 0.0177. The van der Waals surface area contributed by atoms with Crippen LogP contribution < -0.4 is 16.6 Å². The first-order valence-corrected chi connectivity index (χ1v) is 21.6. The first-order chi connectivity index (χ1) is 27.5. The molecule has 5 aromatic rings. The molecule has 6 N–H and O–H groups in total. The minimum Gasteiger partial charge on any atom is -0.387 e. The van der Waals surface area contributed by atoms with Gasteiger partial charge in [0, 0.05) is 42.1 Å². The molecule has 2 fully saturated rings. The molecule has 4 atom stereocenters. The average Bonchev–Trinajstić information content (AvgIpc) is 3.87. The Bertz CT molecular complexity index is 2490. The maximum Gasteiger partial charge on any atom is 0.269 e. The Hall–Kier alpha value is -4.89. The lowest BCUT2D eigenvalue weighted by molar-refractivity contribution is -0.132. The monoisotopic (exact) mass is 836 g/mol. The number of anilines is 2. The number of thioether (sulfide) groups is 1. The largest absolute Gasteiger partial charge is 0.387 e. The molecular formula is C38H48N10O8S2. The van der Waals surface area contributed by atoms with Crippen LogP contribution in [0.4, 0.5) is 11.8 Å². The summed E-state index contributed by atoms with van der Waals surface area (Å²) in [5, 5.41) is 24.5. The Morgan fingerprint density at radius 1 is 1.05 bits per heavy atom. The summed E-state index contributed by atoms with van der Waals surface area (Å²) in [6.07, 6.45) is 3.51. The van der Waals surface area contributed by atoms with Crippen LogP contribution >= 0.6 is 11.8 Å². The van der Waals surface area contributed by atoms with E-state index in [1.165, 1.54) is 31.0 Å². The van der Waals surface area contributed by atoms with Gasteiger partial charge in [-0.3, -0.25) is 29.3 Å². The molecule has 0 aliphatic carbocycles. The topological polar surface area (TPSA) is 254 Å². The molecule has 58 heavy (non-hydrogen) atoms. The van der Waals surface area contributed by atoms with Crippen molar-refractivity contribution in [2.75, 3.05) is 29.9 Å². The third-order valence-electron chi connectivity index (χ3n) is 10.6. The number of ether oxygens (including phenoxy) is 1. The summed E-state index contributed by atoms with van der Waals surface area (Å²) in [7, 11) is -4.17. The Kier molecular flexibility index (Phi) is 11.7. The number of aromatic nitrogens is 7. The van der Waals surface area contributed by atoms with Crippen LogP contribution in [0.3, 0.4) is 0 Å². The number of nitrogens with two attached hydrogens (primary N) is 1. The molecule has 310 valence electrons. The fourth-order valence-corrected chi connectivity index (χ4v) is 9.75. The zero-order valence-electron chi connectivity index (χ0n) is 32.7. The van der Waals surface area contributed by atoms with Crippen molar-refractivity contribution in [1.82, 2.24) is 38.4 Å². The van der Waals surface area contributed by atoms with Crippen molar-refractivity contribution in [2.24, 2.45) is 5.41 Å². The van der Waals surface area contributed by atoms with Gasteiger partial charge in [-0.05, 0) is 56.7 Å². The average molecular weight is 837 g/mol. The van der Waals surface area contributed by atoms with Crippen molar-refractivity contribution in [1.29, 1.82) is 0 Å². The number of H-pyrrole nitrogens is 1. The third kappa shape index (κ3) is 8.33. The number of aliphatic hydroxyl groups is 2. The van der Waals surface area contributed by atoms with Crippen molar-refractivity contribution in [3.63, 3.8) is 0 Å². The second-order valence-corrected chi connectivity index (χ2v) is 19.0. The zero-order chi connectivity index (χ0) is 41.5. The Morgan fingerprint density at radius 2 is 1.78 bits per heavy atom. The van der Waals surface area contributed by atoms with Gasteiger partial charge < -0.3 is 25.6 Å². The van der Waals surface area contributed by atoms with Crippen molar-refractivity contribution in [3.05, 3.63) is 64.6 Å². The quantitative estimate of drug-likeness (QED) is 0.113. The van der Waals surface area contributed by atoms with E-state index < -0.39 is 51.4 Å². The molecule has 20 heteroatoms. The van der Waals surface area contributed by atoms with Gasteiger partial charge in [-0.25, -0.2) is 27.3 Å². The van der Waals surface area contributed by atoms with Gasteiger partial charge in [0.05, 0.1) is 22.7 Å². The lowest BCUT2D eigenvalue weighted by atomic mass is 9.96. The predicted octanol–water partition coefficient (Wildman–Crippen LogP) is 2.73. The van der Waals surface area contributed by atoms with Gasteiger partial charge in [-0.15, -0.1) is 0 Å². The molecule has 0 spiro atoms. The standard InChI is InChI=1S/C38H48N10O8S2/c1-21-9-11-24(12-10-21)58(54,55)48-17-22(27-32(48)43-37(44-34(27)52)45-36(53)38(2,3)4)7-5-6-8-26(49)46-15-13-23(14-16-46)57-18-25-29(50)30(51)35(56-25)47-20-42-28-31(39)40-19-41-33(28)47/h9-12,17,19-20,23,25,29-30,35,50-51H,5-8,13-16,18H2,1-4H3,(H2,39,40,41)(H2,43,44,45,52,53)/t25-,29?,30+,35-/m1/s1. The summed E-state index contributed by atoms with van der Waals surface area (Å²) in [6.45, 7) is 8.12. The number of benzene rings is 1. The van der Waals surface area contributed by atoms with Crippen molar-refractivity contribution in [2.45, 2.75) is 101 Å². The molecule has 1 unspecified atom stereocenters. The van der Waals surface area contributed by atoms with Crippen LogP contribution in [0.15, 0.2) is 52.8 Å². The molecule has 0 radical (unpaired) electrons. The van der Waals surface area contributed by atoms with Crippen LogP contribution in [0.25, 0.3) is 22.2 Å². The number of aliphatic hydroxyl groups excluding tert-OH is 2. The molecule has 0 bridgehead atoms. The number of nitrogens with zero attached hydrogens (tertiary/aromatic N) is 7. The number of hydrogen-bond donors (Lipinski definition) is 5. The summed E-state index contributed by atoms with van der Waals surface area (Å²) in [6, 6.07) is 6.35. The number of fused-ring (bicyclic) bond motifs is 2. The molecule has 18 nitrogen and oxygen atoms in total. The van der Waals surface area contributed by atoms with Gasteiger partial charge in [0.2, 0.25) is 17.8 Å². The van der Waals surface area contributed by atoms with Crippen LogP contribution in [0.2, 0.25) is 0 Å². The van der Waals surface area contributed by atoms with E-state index in [4.69, 9.17) is 10.5 Å². The lowest BCUT2D eigenvalue weighted by Crippen LogP contribution is -2.39. The number of hydrogen-bond acceptors (Lipinski definition) is 14. The number of nitrogens with one attached hydrogen (secondary N) is 2. The van der Waals surface area contributed by atoms with E-state index in [-0.39, 0.29) is 45.3 Å². The number of nitrogen functional groups attached to an aromatic ring is 1. The van der Waals surface area contributed by atoms with Crippen LogP contribution in [0.1, 0.15) is 70.2 Å². The number of aromatic amines is 1. The Morgan fingerprint density at radius 3 is 2.48 bits per heavy atom. The van der Waals surface area contributed by atoms with Gasteiger partial charge in [-0.1, -0.05) is 38.5 Å². The van der Waals surface area contributed by atoms with Crippen molar-refractivity contribution < 1.29 is 33.0 Å². The van der Waals surface area contributed by atoms with E-state index in [1.54, 1.807) is 49.2 Å². The van der Waals surface area contributed by atoms with Crippen LogP contribution in [-0.2, 0) is 30.8 Å². The van der Waals surface area contributed by atoms with Gasteiger partial charge in [0.1, 0.15) is 24.1 Å². The highest BCUT2D eigenvalue weighted by Gasteiger charge is 2.44. The Balaban J connectivity index is 0.935. The highest BCUT2D eigenvalue weighted by molar-refractivity contribution is 7.99. The minimum atomic E-state index is -4.17. The van der Waals surface area contributed by atoms with Gasteiger partial charge in [0.15, 0.2) is 23.3 Å². The Labute approximate surface area is 338 Å². The number of unbranched alkanes of at least 4 members (excludes halogenated alkanes) is 1. The number of likely N-dealkylation sites (tertiary alicyclic amines) is 1. The molecule has 2 amide bonds. The number of aryl methyl sites for hydroxylation is 2. The smallest absolute Gasteiger partial charge is 0.269 e. The number of imidazole rings is 1. The molecule has 2 aliphatic rings. The lowest BCUT2D eigenvalue weighted by Gasteiger charge is -2.32. The van der Waals surface area contributed by atoms with Crippen LogP contribution in [-0.4, -0.2) is 111 Å². The first-order valence-electron chi connectivity index (χ1n) is 19.1. The molecular weight excluding hydrogens is 789 g/mol. The van der Waals surface area contributed by atoms with Crippen LogP contribution in [0, 0.1) is 12.3 Å². The third-order valence-corrected chi connectivity index (χ3v) is 13.7. The van der Waals surface area contributed by atoms with Crippen molar-refractivity contribution >= 4 is 67.6 Å².